The molecule has 9 heteroatoms. The van der Waals surface area contributed by atoms with Gasteiger partial charge >= 0.3 is 0 Å². The van der Waals surface area contributed by atoms with Crippen molar-refractivity contribution in [2.24, 2.45) is 0 Å². The first-order chi connectivity index (χ1) is 18.4. The van der Waals surface area contributed by atoms with Gasteiger partial charge in [0.2, 0.25) is 5.91 Å². The molecule has 3 N–H and O–H groups in total. The Morgan fingerprint density at radius 1 is 1.03 bits per heavy atom. The zero-order chi connectivity index (χ0) is 27.1. The van der Waals surface area contributed by atoms with E-state index in [0.29, 0.717) is 44.0 Å². The summed E-state index contributed by atoms with van der Waals surface area (Å²) in [6, 6.07) is 25.6. The lowest BCUT2D eigenvalue weighted by Crippen LogP contribution is -2.31. The van der Waals surface area contributed by atoms with Crippen molar-refractivity contribution in [3.05, 3.63) is 111 Å². The highest BCUT2D eigenvalue weighted by molar-refractivity contribution is 8.03. The third-order valence-electron chi connectivity index (χ3n) is 5.86. The van der Waals surface area contributed by atoms with E-state index >= 15 is 0 Å². The van der Waals surface area contributed by atoms with Crippen molar-refractivity contribution in [2.45, 2.75) is 12.8 Å². The number of rotatable bonds is 8. The molecule has 7 nitrogen and oxygen atoms in total. The van der Waals surface area contributed by atoms with Gasteiger partial charge in [-0.15, -0.1) is 0 Å². The molecule has 0 saturated carbocycles. The molecule has 0 spiro atoms. The Hall–Kier alpha value is -4.19. The second-order valence-electron chi connectivity index (χ2n) is 8.36. The quantitative estimate of drug-likeness (QED) is 0.319. The van der Waals surface area contributed by atoms with Gasteiger partial charge in [-0.1, -0.05) is 65.8 Å². The lowest BCUT2D eigenvalue weighted by atomic mass is 9.82. The highest BCUT2D eigenvalue weighted by atomic mass is 35.5. The Morgan fingerprint density at radius 2 is 1.71 bits per heavy atom. The summed E-state index contributed by atoms with van der Waals surface area (Å²) in [6.45, 7) is 1.79. The number of amides is 2. The number of nitrogens with one attached hydrogen (secondary N) is 3. The van der Waals surface area contributed by atoms with Crippen LogP contribution in [0.15, 0.2) is 101 Å². The van der Waals surface area contributed by atoms with Crippen LogP contribution in [0, 0.1) is 11.3 Å². The molecule has 0 fully saturated rings. The van der Waals surface area contributed by atoms with Crippen molar-refractivity contribution in [3.63, 3.8) is 0 Å². The number of halogens is 1. The third-order valence-corrected chi connectivity index (χ3v) is 7.12. The summed E-state index contributed by atoms with van der Waals surface area (Å²) in [5.41, 5.74) is 3.29. The number of benzene rings is 3. The molecule has 1 aliphatic heterocycles. The summed E-state index contributed by atoms with van der Waals surface area (Å²) >= 11 is 7.12. The van der Waals surface area contributed by atoms with Gasteiger partial charge < -0.3 is 20.7 Å². The van der Waals surface area contributed by atoms with Crippen molar-refractivity contribution in [1.29, 1.82) is 5.26 Å². The van der Waals surface area contributed by atoms with Crippen molar-refractivity contribution < 1.29 is 14.3 Å². The highest BCUT2D eigenvalue weighted by Crippen LogP contribution is 2.41. The van der Waals surface area contributed by atoms with E-state index in [1.54, 1.807) is 49.4 Å². The number of carbonyl (C=O) groups is 2. The number of anilines is 2. The molecule has 1 aliphatic rings. The molecule has 0 radical (unpaired) electrons. The molecule has 4 rings (SSSR count). The molecule has 38 heavy (non-hydrogen) atoms. The monoisotopic (exact) mass is 544 g/mol. The number of carbonyl (C=O) groups excluding carboxylic acids is 2. The van der Waals surface area contributed by atoms with Gasteiger partial charge in [-0.3, -0.25) is 9.59 Å². The van der Waals surface area contributed by atoms with Gasteiger partial charge in [-0.25, -0.2) is 0 Å². The molecule has 0 saturated heterocycles. The molecular formula is C29H25ClN4O3S. The first kappa shape index (κ1) is 26.9. The summed E-state index contributed by atoms with van der Waals surface area (Å²) in [6.07, 6.45) is 0. The van der Waals surface area contributed by atoms with Crippen LogP contribution in [0.3, 0.4) is 0 Å². The fourth-order valence-corrected chi connectivity index (χ4v) is 5.13. The van der Waals surface area contributed by atoms with Crippen LogP contribution < -0.4 is 20.7 Å². The number of thioether (sulfide) groups is 1. The fraction of sp³-hybridized carbons (Fsp3) is 0.138. The Kier molecular flexibility index (Phi) is 8.74. The largest absolute Gasteiger partial charge is 0.495 e. The second-order valence-corrected chi connectivity index (χ2v) is 9.78. The maximum Gasteiger partial charge on any atom is 0.254 e. The van der Waals surface area contributed by atoms with Crippen LogP contribution in [-0.2, 0) is 9.59 Å². The van der Waals surface area contributed by atoms with E-state index in [4.69, 9.17) is 16.3 Å². The van der Waals surface area contributed by atoms with E-state index in [0.717, 1.165) is 5.56 Å². The number of hydrogen-bond donors (Lipinski definition) is 3. The molecule has 0 aliphatic carbocycles. The van der Waals surface area contributed by atoms with Gasteiger partial charge in [0, 0.05) is 22.0 Å². The van der Waals surface area contributed by atoms with Crippen LogP contribution in [0.25, 0.3) is 0 Å². The SMILES string of the molecule is COc1ccccc1NC(=O)C1=C(C)NC(SCC(=O)Nc2ccc(Cl)cc2)=C(C#N)C1c1ccccc1. The predicted molar refractivity (Wildman–Crippen MR) is 152 cm³/mol. The van der Waals surface area contributed by atoms with E-state index < -0.39 is 5.92 Å². The summed E-state index contributed by atoms with van der Waals surface area (Å²) < 4.78 is 5.38. The smallest absolute Gasteiger partial charge is 0.254 e. The molecule has 3 aromatic rings. The minimum Gasteiger partial charge on any atom is -0.495 e. The van der Waals surface area contributed by atoms with E-state index in [-0.39, 0.29) is 17.6 Å². The van der Waals surface area contributed by atoms with Gasteiger partial charge in [0.25, 0.3) is 5.91 Å². The Balaban J connectivity index is 1.61. The molecule has 3 aromatic carbocycles. The topological polar surface area (TPSA) is 103 Å². The van der Waals surface area contributed by atoms with Gasteiger partial charge in [-0.05, 0) is 48.9 Å². The number of para-hydroxylation sites is 2. The zero-order valence-electron chi connectivity index (χ0n) is 20.7. The van der Waals surface area contributed by atoms with Crippen LogP contribution in [0.4, 0.5) is 11.4 Å². The zero-order valence-corrected chi connectivity index (χ0v) is 22.3. The van der Waals surface area contributed by atoms with Gasteiger partial charge in [0.05, 0.1) is 41.1 Å². The van der Waals surface area contributed by atoms with Crippen molar-refractivity contribution >= 4 is 46.6 Å². The number of nitrogens with zero attached hydrogens (tertiary/aromatic N) is 1. The summed E-state index contributed by atoms with van der Waals surface area (Å²) in [4.78, 5) is 26.2. The van der Waals surface area contributed by atoms with Gasteiger partial charge in [0.1, 0.15) is 5.75 Å². The average Bonchev–Trinajstić information content (AvgIpc) is 2.93. The first-order valence-corrected chi connectivity index (χ1v) is 13.1. The van der Waals surface area contributed by atoms with Gasteiger partial charge in [0.15, 0.2) is 0 Å². The molecule has 1 atom stereocenters. The van der Waals surface area contributed by atoms with E-state index in [2.05, 4.69) is 22.0 Å². The Bertz CT molecular complexity index is 1450. The third kappa shape index (κ3) is 6.20. The normalized spacial score (nSPS) is 14.8. The van der Waals surface area contributed by atoms with Crippen LogP contribution in [0.5, 0.6) is 5.75 Å². The average molecular weight is 545 g/mol. The summed E-state index contributed by atoms with van der Waals surface area (Å²) in [7, 11) is 1.54. The summed E-state index contributed by atoms with van der Waals surface area (Å²) in [5, 5.41) is 20.3. The van der Waals surface area contributed by atoms with Crippen molar-refractivity contribution in [2.75, 3.05) is 23.5 Å². The molecule has 1 unspecified atom stereocenters. The number of dihydropyridines is 1. The van der Waals surface area contributed by atoms with Crippen molar-refractivity contribution in [1.82, 2.24) is 5.32 Å². The molecule has 192 valence electrons. The van der Waals surface area contributed by atoms with Crippen molar-refractivity contribution in [3.8, 4) is 11.8 Å². The van der Waals surface area contributed by atoms with Crippen LogP contribution >= 0.6 is 23.4 Å². The molecule has 0 bridgehead atoms. The minimum absolute atomic E-state index is 0.0632. The molecular weight excluding hydrogens is 520 g/mol. The Morgan fingerprint density at radius 3 is 2.39 bits per heavy atom. The van der Waals surface area contributed by atoms with E-state index in [1.165, 1.54) is 18.9 Å². The highest BCUT2D eigenvalue weighted by Gasteiger charge is 2.35. The number of nitriles is 1. The lowest BCUT2D eigenvalue weighted by Gasteiger charge is -2.30. The molecule has 0 aromatic heterocycles. The van der Waals surface area contributed by atoms with E-state index in [1.807, 2.05) is 36.4 Å². The first-order valence-electron chi connectivity index (χ1n) is 11.7. The fourth-order valence-electron chi connectivity index (χ4n) is 4.11. The lowest BCUT2D eigenvalue weighted by molar-refractivity contribution is -0.114. The molecule has 1 heterocycles. The number of allylic oxidation sites excluding steroid dienone is 2. The standard InChI is InChI=1S/C29H25ClN4O3S/c1-18-26(28(36)34-23-10-6-7-11-24(23)37-2)27(19-8-4-3-5-9-19)22(16-31)29(32-18)38-17-25(35)33-21-14-12-20(30)13-15-21/h3-15,27,32H,17H2,1-2H3,(H,33,35)(H,34,36). The maximum absolute atomic E-state index is 13.6. The minimum atomic E-state index is -0.626. The number of hydrogen-bond acceptors (Lipinski definition) is 6. The molecule has 2 amide bonds. The Labute approximate surface area is 230 Å². The predicted octanol–water partition coefficient (Wildman–Crippen LogP) is 6.06. The van der Waals surface area contributed by atoms with E-state index in [9.17, 15) is 14.9 Å². The number of methoxy groups -OCH3 is 1. The van der Waals surface area contributed by atoms with Gasteiger partial charge in [-0.2, -0.15) is 5.26 Å². The second kappa shape index (κ2) is 12.4. The van der Waals surface area contributed by atoms with Crippen LogP contribution in [0.2, 0.25) is 5.02 Å². The summed E-state index contributed by atoms with van der Waals surface area (Å²) in [5.74, 6) is -0.627. The van der Waals surface area contributed by atoms with Crippen LogP contribution in [-0.4, -0.2) is 24.7 Å². The number of ether oxygens (including phenoxy) is 1. The van der Waals surface area contributed by atoms with Crippen LogP contribution in [0.1, 0.15) is 18.4 Å². The maximum atomic E-state index is 13.6.